The van der Waals surface area contributed by atoms with Gasteiger partial charge >= 0.3 is 0 Å². The van der Waals surface area contributed by atoms with Gasteiger partial charge in [-0.05, 0) is 29.7 Å². The molecule has 0 unspecified atom stereocenters. The quantitative estimate of drug-likeness (QED) is 0.853. The molecule has 3 heteroatoms. The Balaban J connectivity index is 2.14. The first-order valence-electron chi connectivity index (χ1n) is 5.34. The van der Waals surface area contributed by atoms with E-state index in [4.69, 9.17) is 0 Å². The normalized spacial score (nSPS) is 10.3. The van der Waals surface area contributed by atoms with Crippen molar-refractivity contribution in [1.82, 2.24) is 9.97 Å². The highest BCUT2D eigenvalue weighted by atomic mass is 16.3. The second kappa shape index (κ2) is 4.75. The minimum atomic E-state index is 0.197. The van der Waals surface area contributed by atoms with Crippen LogP contribution < -0.4 is 0 Å². The summed E-state index contributed by atoms with van der Waals surface area (Å²) in [5.74, 6) is 0.197. The maximum atomic E-state index is 9.29. The summed E-state index contributed by atoms with van der Waals surface area (Å²) in [4.78, 5) is 8.30. The lowest BCUT2D eigenvalue weighted by Gasteiger charge is -2.02. The molecule has 3 nitrogen and oxygen atoms in total. The highest BCUT2D eigenvalue weighted by molar-refractivity contribution is 5.26. The van der Waals surface area contributed by atoms with Crippen LogP contribution in [0.4, 0.5) is 0 Å². The molecule has 0 saturated carbocycles. The molecule has 0 fully saturated rings. The van der Waals surface area contributed by atoms with Gasteiger partial charge < -0.3 is 5.11 Å². The Morgan fingerprint density at radius 3 is 2.62 bits per heavy atom. The lowest BCUT2D eigenvalue weighted by Crippen LogP contribution is -1.93. The molecule has 0 atom stereocenters. The number of nitrogens with zero attached hydrogens (tertiary/aromatic N) is 2. The van der Waals surface area contributed by atoms with Gasteiger partial charge in [0.1, 0.15) is 5.75 Å². The average Bonchev–Trinajstić information content (AvgIpc) is 2.30. The van der Waals surface area contributed by atoms with Crippen molar-refractivity contribution in [1.29, 1.82) is 0 Å². The molecule has 0 aliphatic heterocycles. The second-order valence-corrected chi connectivity index (χ2v) is 3.74. The molecule has 2 aromatic rings. The topological polar surface area (TPSA) is 46.0 Å². The van der Waals surface area contributed by atoms with Crippen molar-refractivity contribution >= 4 is 0 Å². The van der Waals surface area contributed by atoms with Gasteiger partial charge in [-0.2, -0.15) is 0 Å². The lowest BCUT2D eigenvalue weighted by atomic mass is 10.1. The first-order valence-corrected chi connectivity index (χ1v) is 5.34. The molecule has 82 valence electrons. The van der Waals surface area contributed by atoms with Gasteiger partial charge in [0.15, 0.2) is 0 Å². The van der Waals surface area contributed by atoms with Gasteiger partial charge in [0.05, 0.1) is 6.20 Å². The van der Waals surface area contributed by atoms with E-state index >= 15 is 0 Å². The van der Waals surface area contributed by atoms with Crippen molar-refractivity contribution in [2.75, 3.05) is 0 Å². The summed E-state index contributed by atoms with van der Waals surface area (Å²) in [7, 11) is 0. The monoisotopic (exact) mass is 214 g/mol. The highest BCUT2D eigenvalue weighted by Gasteiger charge is 1.99. The van der Waals surface area contributed by atoms with Crippen LogP contribution in [-0.2, 0) is 12.8 Å². The highest BCUT2D eigenvalue weighted by Crippen LogP contribution is 2.12. The molecule has 0 bridgehead atoms. The smallest absolute Gasteiger partial charge is 0.134 e. The van der Waals surface area contributed by atoms with Crippen molar-refractivity contribution in [3.8, 4) is 5.75 Å². The van der Waals surface area contributed by atoms with E-state index in [0.717, 1.165) is 17.7 Å². The minimum absolute atomic E-state index is 0.197. The summed E-state index contributed by atoms with van der Waals surface area (Å²) < 4.78 is 0. The van der Waals surface area contributed by atoms with Crippen LogP contribution in [0, 0.1) is 0 Å². The maximum Gasteiger partial charge on any atom is 0.134 e. The molecule has 0 spiro atoms. The molecule has 0 aliphatic rings. The van der Waals surface area contributed by atoms with Crippen LogP contribution in [0.15, 0.2) is 36.8 Å². The van der Waals surface area contributed by atoms with Gasteiger partial charge in [-0.25, -0.2) is 0 Å². The van der Waals surface area contributed by atoms with Crippen LogP contribution in [0.2, 0.25) is 0 Å². The van der Waals surface area contributed by atoms with E-state index in [1.54, 1.807) is 12.3 Å². The molecule has 0 aliphatic carbocycles. The molecule has 0 saturated heterocycles. The van der Waals surface area contributed by atoms with Gasteiger partial charge in [0.2, 0.25) is 0 Å². The fourth-order valence-electron chi connectivity index (χ4n) is 1.55. The number of hydrogen-bond donors (Lipinski definition) is 1. The van der Waals surface area contributed by atoms with Crippen molar-refractivity contribution in [3.05, 3.63) is 53.6 Å². The largest absolute Gasteiger partial charge is 0.506 e. The van der Waals surface area contributed by atoms with Crippen molar-refractivity contribution in [3.63, 3.8) is 0 Å². The predicted octanol–water partition coefficient (Wildman–Crippen LogP) is 2.34. The Morgan fingerprint density at radius 1 is 1.12 bits per heavy atom. The van der Waals surface area contributed by atoms with Gasteiger partial charge in [-0.15, -0.1) is 0 Å². The Labute approximate surface area is 94.8 Å². The Kier molecular flexibility index (Phi) is 3.15. The minimum Gasteiger partial charge on any atom is -0.506 e. The molecular weight excluding hydrogens is 200 g/mol. The predicted molar refractivity (Wildman–Crippen MR) is 62.3 cm³/mol. The zero-order valence-electron chi connectivity index (χ0n) is 9.22. The second-order valence-electron chi connectivity index (χ2n) is 3.74. The fourth-order valence-corrected chi connectivity index (χ4v) is 1.55. The van der Waals surface area contributed by atoms with Crippen LogP contribution in [0.1, 0.15) is 23.7 Å². The van der Waals surface area contributed by atoms with E-state index < -0.39 is 0 Å². The van der Waals surface area contributed by atoms with Crippen LogP contribution >= 0.6 is 0 Å². The van der Waals surface area contributed by atoms with Crippen LogP contribution in [0.5, 0.6) is 5.75 Å². The molecule has 2 aromatic heterocycles. The van der Waals surface area contributed by atoms with Gasteiger partial charge in [0.25, 0.3) is 0 Å². The Bertz CT molecular complexity index is 466. The first-order chi connectivity index (χ1) is 7.78. The summed E-state index contributed by atoms with van der Waals surface area (Å²) in [6.07, 6.45) is 6.77. The van der Waals surface area contributed by atoms with Crippen LogP contribution in [0.25, 0.3) is 0 Å². The third-order valence-electron chi connectivity index (χ3n) is 2.46. The third-order valence-corrected chi connectivity index (χ3v) is 2.46. The standard InChI is InChI=1S/C13H14N2O/c1-2-10-3-4-12(15-8-10)5-11-6-13(16)9-14-7-11/h3-4,6-9,16H,2,5H2,1H3. The fraction of sp³-hybridized carbons (Fsp3) is 0.231. The third kappa shape index (κ3) is 2.57. The summed E-state index contributed by atoms with van der Waals surface area (Å²) in [6, 6.07) is 5.81. The van der Waals surface area contributed by atoms with E-state index in [-0.39, 0.29) is 5.75 Å². The number of pyridine rings is 2. The molecule has 0 aromatic carbocycles. The Hall–Kier alpha value is -1.90. The average molecular weight is 214 g/mol. The molecule has 1 N–H and O–H groups in total. The van der Waals surface area contributed by atoms with Crippen molar-refractivity contribution in [2.45, 2.75) is 19.8 Å². The summed E-state index contributed by atoms with van der Waals surface area (Å²) in [6.45, 7) is 2.11. The van der Waals surface area contributed by atoms with Gasteiger partial charge in [-0.1, -0.05) is 13.0 Å². The first kappa shape index (κ1) is 10.6. The lowest BCUT2D eigenvalue weighted by molar-refractivity contribution is 0.472. The number of rotatable bonds is 3. The summed E-state index contributed by atoms with van der Waals surface area (Å²) in [5, 5.41) is 9.29. The number of aromatic hydroxyl groups is 1. The van der Waals surface area contributed by atoms with E-state index in [1.165, 1.54) is 11.8 Å². The number of aryl methyl sites for hydroxylation is 1. The van der Waals surface area contributed by atoms with Crippen LogP contribution in [0.3, 0.4) is 0 Å². The van der Waals surface area contributed by atoms with E-state index in [2.05, 4.69) is 23.0 Å². The molecule has 2 heterocycles. The summed E-state index contributed by atoms with van der Waals surface area (Å²) in [5.41, 5.74) is 3.19. The molecular formula is C13H14N2O. The number of hydrogen-bond acceptors (Lipinski definition) is 3. The van der Waals surface area contributed by atoms with Gasteiger partial charge in [-0.3, -0.25) is 9.97 Å². The van der Waals surface area contributed by atoms with Crippen LogP contribution in [-0.4, -0.2) is 15.1 Å². The Morgan fingerprint density at radius 2 is 2.00 bits per heavy atom. The van der Waals surface area contributed by atoms with E-state index in [9.17, 15) is 5.11 Å². The van der Waals surface area contributed by atoms with E-state index in [0.29, 0.717) is 6.42 Å². The molecule has 2 rings (SSSR count). The molecule has 0 radical (unpaired) electrons. The summed E-state index contributed by atoms with van der Waals surface area (Å²) >= 11 is 0. The van der Waals surface area contributed by atoms with Gasteiger partial charge in [0, 0.05) is 24.5 Å². The zero-order valence-corrected chi connectivity index (χ0v) is 9.22. The molecule has 0 amide bonds. The van der Waals surface area contributed by atoms with E-state index in [1.807, 2.05) is 12.3 Å². The maximum absolute atomic E-state index is 9.29. The number of aromatic nitrogens is 2. The van der Waals surface area contributed by atoms with Crippen molar-refractivity contribution < 1.29 is 5.11 Å². The molecule has 16 heavy (non-hydrogen) atoms. The zero-order chi connectivity index (χ0) is 11.4. The SMILES string of the molecule is CCc1ccc(Cc2cncc(O)c2)nc1. The van der Waals surface area contributed by atoms with Crippen molar-refractivity contribution in [2.24, 2.45) is 0 Å².